The van der Waals surface area contributed by atoms with Crippen molar-refractivity contribution in [1.82, 2.24) is 14.9 Å². The van der Waals surface area contributed by atoms with Crippen LogP contribution in [0.5, 0.6) is 11.5 Å². The molecular weight excluding hydrogens is 342 g/mol. The number of carbonyl (C=O) groups excluding carboxylic acids is 1. The molecule has 7 heteroatoms. The third-order valence-electron chi connectivity index (χ3n) is 3.79. The van der Waals surface area contributed by atoms with Crippen molar-refractivity contribution in [3.63, 3.8) is 0 Å². The highest BCUT2D eigenvalue weighted by atomic mass is 16.5. The lowest BCUT2D eigenvalue weighted by atomic mass is 10.2. The number of hydrogen-bond acceptors (Lipinski definition) is 4. The number of nitriles is 1. The van der Waals surface area contributed by atoms with Crippen molar-refractivity contribution in [3.05, 3.63) is 72.8 Å². The Morgan fingerprint density at radius 1 is 1.19 bits per heavy atom. The second-order valence-electron chi connectivity index (χ2n) is 5.77. The number of aryl methyl sites for hydroxylation is 1. The van der Waals surface area contributed by atoms with Crippen LogP contribution in [0.2, 0.25) is 0 Å². The summed E-state index contributed by atoms with van der Waals surface area (Å²) in [4.78, 5) is 15.9. The number of benzene rings is 2. The van der Waals surface area contributed by atoms with Crippen LogP contribution in [0.25, 0.3) is 0 Å². The molecule has 0 fully saturated rings. The van der Waals surface area contributed by atoms with Gasteiger partial charge in [-0.15, -0.1) is 0 Å². The van der Waals surface area contributed by atoms with Crippen molar-refractivity contribution in [1.29, 1.82) is 5.26 Å². The zero-order valence-corrected chi connectivity index (χ0v) is 14.6. The fourth-order valence-corrected chi connectivity index (χ4v) is 2.44. The second-order valence-corrected chi connectivity index (χ2v) is 5.77. The van der Waals surface area contributed by atoms with Crippen molar-refractivity contribution >= 4 is 11.7 Å². The minimum atomic E-state index is -0.260. The van der Waals surface area contributed by atoms with Crippen molar-refractivity contribution in [3.8, 4) is 17.6 Å². The van der Waals surface area contributed by atoms with Crippen molar-refractivity contribution in [2.75, 3.05) is 11.9 Å². The van der Waals surface area contributed by atoms with Crippen molar-refractivity contribution in [2.24, 2.45) is 0 Å². The molecule has 0 spiro atoms. The number of rotatable bonds is 7. The molecule has 0 atom stereocenters. The first kappa shape index (κ1) is 18.0. The van der Waals surface area contributed by atoms with E-state index in [1.165, 1.54) is 0 Å². The van der Waals surface area contributed by atoms with Crippen molar-refractivity contribution in [2.45, 2.75) is 13.0 Å². The van der Waals surface area contributed by atoms with E-state index >= 15 is 0 Å². The van der Waals surface area contributed by atoms with E-state index in [1.807, 2.05) is 16.8 Å². The average molecular weight is 361 g/mol. The summed E-state index contributed by atoms with van der Waals surface area (Å²) in [6.07, 6.45) is 6.18. The zero-order valence-electron chi connectivity index (χ0n) is 14.6. The van der Waals surface area contributed by atoms with Gasteiger partial charge in [-0.1, -0.05) is 12.1 Å². The molecule has 0 unspecified atom stereocenters. The topological polar surface area (TPSA) is 92.0 Å². The van der Waals surface area contributed by atoms with Gasteiger partial charge in [0.15, 0.2) is 0 Å². The van der Waals surface area contributed by atoms with Crippen LogP contribution in [0.4, 0.5) is 10.5 Å². The summed E-state index contributed by atoms with van der Waals surface area (Å²) < 4.78 is 7.68. The van der Waals surface area contributed by atoms with Gasteiger partial charge < -0.3 is 19.9 Å². The number of anilines is 1. The molecule has 0 bridgehead atoms. The molecule has 1 heterocycles. The van der Waals surface area contributed by atoms with E-state index in [9.17, 15) is 4.79 Å². The maximum atomic E-state index is 11.9. The van der Waals surface area contributed by atoms with Gasteiger partial charge in [0.2, 0.25) is 0 Å². The van der Waals surface area contributed by atoms with Crippen LogP contribution in [0.1, 0.15) is 12.0 Å². The Morgan fingerprint density at radius 2 is 2.00 bits per heavy atom. The number of aromatic nitrogens is 2. The SMILES string of the molecule is N#Cc1ccccc1Oc1ccc(NC(=O)NCCCn2ccnc2)cc1. The summed E-state index contributed by atoms with van der Waals surface area (Å²) in [5.41, 5.74) is 1.12. The molecule has 0 aliphatic carbocycles. The molecule has 2 aromatic carbocycles. The Labute approximate surface area is 157 Å². The lowest BCUT2D eigenvalue weighted by Crippen LogP contribution is -2.29. The first-order valence-electron chi connectivity index (χ1n) is 8.52. The van der Waals surface area contributed by atoms with Crippen molar-refractivity contribution < 1.29 is 9.53 Å². The van der Waals surface area contributed by atoms with Gasteiger partial charge >= 0.3 is 6.03 Å². The highest BCUT2D eigenvalue weighted by molar-refractivity contribution is 5.89. The van der Waals surface area contributed by atoms with Crippen LogP contribution >= 0.6 is 0 Å². The van der Waals surface area contributed by atoms with E-state index in [0.29, 0.717) is 29.3 Å². The number of amides is 2. The Kier molecular flexibility index (Phi) is 6.04. The van der Waals surface area contributed by atoms with Gasteiger partial charge in [0, 0.05) is 31.2 Å². The van der Waals surface area contributed by atoms with Gasteiger partial charge in [0.1, 0.15) is 17.6 Å². The molecule has 2 amide bonds. The first-order valence-corrected chi connectivity index (χ1v) is 8.52. The van der Waals surface area contributed by atoms with Crippen LogP contribution in [0.15, 0.2) is 67.3 Å². The molecule has 0 aliphatic heterocycles. The van der Waals surface area contributed by atoms with E-state index in [2.05, 4.69) is 21.7 Å². The molecule has 0 aliphatic rings. The number of ether oxygens (including phenoxy) is 1. The van der Waals surface area contributed by atoms with E-state index in [4.69, 9.17) is 10.00 Å². The Bertz CT molecular complexity index is 914. The minimum Gasteiger partial charge on any atom is -0.456 e. The Hall–Kier alpha value is -3.79. The maximum Gasteiger partial charge on any atom is 0.319 e. The molecule has 27 heavy (non-hydrogen) atoms. The molecule has 1 aromatic heterocycles. The second kappa shape index (κ2) is 9.06. The number of imidazole rings is 1. The summed E-state index contributed by atoms with van der Waals surface area (Å²) in [5, 5.41) is 14.7. The summed E-state index contributed by atoms with van der Waals surface area (Å²) in [6.45, 7) is 1.37. The van der Waals surface area contributed by atoms with Crippen LogP contribution in [0, 0.1) is 11.3 Å². The minimum absolute atomic E-state index is 0.260. The van der Waals surface area contributed by atoms with E-state index in [0.717, 1.165) is 13.0 Å². The van der Waals surface area contributed by atoms with Gasteiger partial charge in [-0.3, -0.25) is 0 Å². The molecule has 2 N–H and O–H groups in total. The number of nitrogens with zero attached hydrogens (tertiary/aromatic N) is 3. The number of nitrogens with one attached hydrogen (secondary N) is 2. The molecule has 0 saturated heterocycles. The number of hydrogen-bond donors (Lipinski definition) is 2. The molecule has 0 radical (unpaired) electrons. The fourth-order valence-electron chi connectivity index (χ4n) is 2.44. The monoisotopic (exact) mass is 361 g/mol. The van der Waals surface area contributed by atoms with Crippen LogP contribution in [-0.2, 0) is 6.54 Å². The van der Waals surface area contributed by atoms with Crippen LogP contribution < -0.4 is 15.4 Å². The Morgan fingerprint density at radius 3 is 2.74 bits per heavy atom. The number of urea groups is 1. The highest BCUT2D eigenvalue weighted by Crippen LogP contribution is 2.25. The smallest absolute Gasteiger partial charge is 0.319 e. The molecule has 0 saturated carbocycles. The predicted octanol–water partition coefficient (Wildman–Crippen LogP) is 3.76. The first-order chi connectivity index (χ1) is 13.2. The Balaban J connectivity index is 1.45. The van der Waals surface area contributed by atoms with Gasteiger partial charge in [-0.2, -0.15) is 5.26 Å². The quantitative estimate of drug-likeness (QED) is 0.627. The van der Waals surface area contributed by atoms with E-state index < -0.39 is 0 Å². The summed E-state index contributed by atoms with van der Waals surface area (Å²) >= 11 is 0. The third-order valence-corrected chi connectivity index (χ3v) is 3.79. The molecular formula is C20H19N5O2. The lowest BCUT2D eigenvalue weighted by molar-refractivity contribution is 0.252. The fraction of sp³-hybridized carbons (Fsp3) is 0.150. The average Bonchev–Trinajstić information content (AvgIpc) is 3.21. The molecule has 7 nitrogen and oxygen atoms in total. The zero-order chi connectivity index (χ0) is 18.9. The summed E-state index contributed by atoms with van der Waals surface area (Å²) in [6, 6.07) is 15.8. The van der Waals surface area contributed by atoms with Gasteiger partial charge in [0.05, 0.1) is 11.9 Å². The highest BCUT2D eigenvalue weighted by Gasteiger charge is 2.05. The standard InChI is InChI=1S/C20H19N5O2/c21-14-16-4-1-2-5-19(16)27-18-8-6-17(7-9-18)24-20(26)23-10-3-12-25-13-11-22-15-25/h1-2,4-9,11,13,15H,3,10,12H2,(H2,23,24,26). The molecule has 3 rings (SSSR count). The van der Waals surface area contributed by atoms with Gasteiger partial charge in [-0.05, 0) is 42.8 Å². The normalized spacial score (nSPS) is 10.0. The van der Waals surface area contributed by atoms with Crippen LogP contribution in [-0.4, -0.2) is 22.1 Å². The lowest BCUT2D eigenvalue weighted by Gasteiger charge is -2.10. The van der Waals surface area contributed by atoms with E-state index in [1.54, 1.807) is 55.0 Å². The maximum absolute atomic E-state index is 11.9. The predicted molar refractivity (Wildman–Crippen MR) is 102 cm³/mol. The van der Waals surface area contributed by atoms with Gasteiger partial charge in [-0.25, -0.2) is 9.78 Å². The summed E-state index contributed by atoms with van der Waals surface area (Å²) in [7, 11) is 0. The van der Waals surface area contributed by atoms with E-state index in [-0.39, 0.29) is 6.03 Å². The summed E-state index contributed by atoms with van der Waals surface area (Å²) in [5.74, 6) is 1.08. The largest absolute Gasteiger partial charge is 0.456 e. The van der Waals surface area contributed by atoms with Gasteiger partial charge in [0.25, 0.3) is 0 Å². The number of para-hydroxylation sites is 1. The number of carbonyl (C=O) groups is 1. The molecule has 136 valence electrons. The third kappa shape index (κ3) is 5.34. The molecule has 3 aromatic rings. The van der Waals surface area contributed by atoms with Crippen LogP contribution in [0.3, 0.4) is 0 Å².